The number of nitrogens with one attached hydrogen (secondary N) is 1. The van der Waals surface area contributed by atoms with Crippen molar-refractivity contribution in [2.24, 2.45) is 5.92 Å². The summed E-state index contributed by atoms with van der Waals surface area (Å²) in [6.45, 7) is 2.62. The monoisotopic (exact) mass is 292 g/mol. The first-order valence-electron chi connectivity index (χ1n) is 7.49. The van der Waals surface area contributed by atoms with Crippen LogP contribution in [0.4, 0.5) is 0 Å². The minimum atomic E-state index is 0.00321. The summed E-state index contributed by atoms with van der Waals surface area (Å²) < 4.78 is 0. The summed E-state index contributed by atoms with van der Waals surface area (Å²) in [5.41, 5.74) is 1.12. The van der Waals surface area contributed by atoms with Gasteiger partial charge in [-0.25, -0.2) is 0 Å². The molecule has 0 bridgehead atoms. The fourth-order valence-electron chi connectivity index (χ4n) is 3.07. The van der Waals surface area contributed by atoms with E-state index in [1.807, 2.05) is 24.3 Å². The zero-order valence-corrected chi connectivity index (χ0v) is 12.6. The molecular formula is C16H21ClN2O. The Morgan fingerprint density at radius 3 is 2.65 bits per heavy atom. The highest BCUT2D eigenvalue weighted by atomic mass is 35.5. The topological polar surface area (TPSA) is 32.3 Å². The van der Waals surface area contributed by atoms with Crippen molar-refractivity contribution < 1.29 is 4.79 Å². The summed E-state index contributed by atoms with van der Waals surface area (Å²) in [6, 6.07) is 8.15. The van der Waals surface area contributed by atoms with E-state index in [-0.39, 0.29) is 12.1 Å². The second-order valence-corrected chi connectivity index (χ2v) is 6.31. The van der Waals surface area contributed by atoms with Gasteiger partial charge in [0.25, 0.3) is 0 Å². The van der Waals surface area contributed by atoms with Gasteiger partial charge in [-0.3, -0.25) is 10.1 Å². The maximum Gasteiger partial charge on any atom is 0.238 e. The number of carbonyl (C=O) groups excluding carboxylic acids is 1. The molecular weight excluding hydrogens is 272 g/mol. The highest BCUT2D eigenvalue weighted by Crippen LogP contribution is 2.38. The van der Waals surface area contributed by atoms with Gasteiger partial charge < -0.3 is 4.90 Å². The summed E-state index contributed by atoms with van der Waals surface area (Å²) >= 11 is 5.95. The van der Waals surface area contributed by atoms with Gasteiger partial charge in [0.15, 0.2) is 0 Å². The van der Waals surface area contributed by atoms with Gasteiger partial charge in [0.05, 0.1) is 6.54 Å². The third-order valence-corrected chi connectivity index (χ3v) is 4.62. The number of benzene rings is 1. The van der Waals surface area contributed by atoms with Crippen LogP contribution in [0.15, 0.2) is 24.3 Å². The Balaban J connectivity index is 1.81. The Hall–Kier alpha value is -1.06. The maximum atomic E-state index is 12.3. The molecule has 20 heavy (non-hydrogen) atoms. The van der Waals surface area contributed by atoms with Crippen LogP contribution in [0.1, 0.15) is 44.3 Å². The minimum absolute atomic E-state index is 0.00321. The van der Waals surface area contributed by atoms with Gasteiger partial charge in [-0.2, -0.15) is 0 Å². The van der Waals surface area contributed by atoms with Gasteiger partial charge in [0.2, 0.25) is 5.91 Å². The fraction of sp³-hybridized carbons (Fsp3) is 0.562. The molecule has 4 heteroatoms. The van der Waals surface area contributed by atoms with Crippen LogP contribution in [0, 0.1) is 5.92 Å². The molecule has 2 unspecified atom stereocenters. The SMILES string of the molecule is CCC(CC1CC1)N1C(=O)CNC1c1ccc(Cl)cc1. The largest absolute Gasteiger partial charge is 0.319 e. The summed E-state index contributed by atoms with van der Waals surface area (Å²) in [7, 11) is 0. The molecule has 1 N–H and O–H groups in total. The van der Waals surface area contributed by atoms with Gasteiger partial charge in [0, 0.05) is 11.1 Å². The summed E-state index contributed by atoms with van der Waals surface area (Å²) in [6.07, 6.45) is 4.83. The lowest BCUT2D eigenvalue weighted by Gasteiger charge is -2.32. The number of hydrogen-bond donors (Lipinski definition) is 1. The van der Waals surface area contributed by atoms with Crippen LogP contribution in [0.2, 0.25) is 5.02 Å². The molecule has 0 radical (unpaired) electrons. The second-order valence-electron chi connectivity index (χ2n) is 5.88. The highest BCUT2D eigenvalue weighted by molar-refractivity contribution is 6.30. The summed E-state index contributed by atoms with van der Waals surface area (Å²) in [5.74, 6) is 1.05. The Labute approximate surface area is 125 Å². The Kier molecular flexibility index (Phi) is 3.99. The third-order valence-electron chi connectivity index (χ3n) is 4.37. The molecule has 1 aliphatic heterocycles. The molecule has 2 aliphatic rings. The van der Waals surface area contributed by atoms with Crippen molar-refractivity contribution in [3.63, 3.8) is 0 Å². The molecule has 1 heterocycles. The minimum Gasteiger partial charge on any atom is -0.319 e. The van der Waals surface area contributed by atoms with Crippen LogP contribution < -0.4 is 5.32 Å². The zero-order chi connectivity index (χ0) is 14.1. The number of halogens is 1. The molecule has 0 aromatic heterocycles. The normalized spacial score (nSPS) is 24.2. The van der Waals surface area contributed by atoms with E-state index in [0.717, 1.165) is 29.3 Å². The van der Waals surface area contributed by atoms with Crippen LogP contribution in [0.3, 0.4) is 0 Å². The van der Waals surface area contributed by atoms with Crippen molar-refractivity contribution in [3.05, 3.63) is 34.9 Å². The highest BCUT2D eigenvalue weighted by Gasteiger charge is 2.38. The second kappa shape index (κ2) is 5.74. The molecule has 108 valence electrons. The van der Waals surface area contributed by atoms with Gasteiger partial charge in [-0.05, 0) is 36.5 Å². The number of amides is 1. The summed E-state index contributed by atoms with van der Waals surface area (Å²) in [4.78, 5) is 14.3. The molecule has 1 aromatic rings. The molecule has 1 saturated carbocycles. The van der Waals surface area contributed by atoms with Crippen molar-refractivity contribution in [2.45, 2.75) is 44.8 Å². The van der Waals surface area contributed by atoms with Crippen LogP contribution in [-0.2, 0) is 4.79 Å². The lowest BCUT2D eigenvalue weighted by molar-refractivity contribution is -0.130. The van der Waals surface area contributed by atoms with Gasteiger partial charge in [-0.15, -0.1) is 0 Å². The van der Waals surface area contributed by atoms with E-state index in [4.69, 9.17) is 11.6 Å². The van der Waals surface area contributed by atoms with Crippen molar-refractivity contribution in [1.29, 1.82) is 0 Å². The molecule has 3 rings (SSSR count). The zero-order valence-electron chi connectivity index (χ0n) is 11.8. The molecule has 2 atom stereocenters. The molecule has 3 nitrogen and oxygen atoms in total. The smallest absolute Gasteiger partial charge is 0.238 e. The van der Waals surface area contributed by atoms with Gasteiger partial charge in [-0.1, -0.05) is 43.5 Å². The van der Waals surface area contributed by atoms with E-state index >= 15 is 0 Å². The predicted molar refractivity (Wildman–Crippen MR) is 80.5 cm³/mol. The molecule has 1 aliphatic carbocycles. The number of hydrogen-bond acceptors (Lipinski definition) is 2. The van der Waals surface area contributed by atoms with E-state index < -0.39 is 0 Å². The average Bonchev–Trinajstić information content (AvgIpc) is 3.19. The summed E-state index contributed by atoms with van der Waals surface area (Å²) in [5, 5.41) is 4.07. The van der Waals surface area contributed by atoms with Crippen LogP contribution in [0.25, 0.3) is 0 Å². The maximum absolute atomic E-state index is 12.3. The first-order chi connectivity index (χ1) is 9.69. The average molecular weight is 293 g/mol. The third kappa shape index (κ3) is 2.84. The van der Waals surface area contributed by atoms with Crippen LogP contribution >= 0.6 is 11.6 Å². The van der Waals surface area contributed by atoms with E-state index in [9.17, 15) is 4.79 Å². The Morgan fingerprint density at radius 2 is 2.05 bits per heavy atom. The van der Waals surface area contributed by atoms with Crippen LogP contribution in [0.5, 0.6) is 0 Å². The van der Waals surface area contributed by atoms with Gasteiger partial charge in [0.1, 0.15) is 6.17 Å². The van der Waals surface area contributed by atoms with Crippen molar-refractivity contribution >= 4 is 17.5 Å². The van der Waals surface area contributed by atoms with E-state index in [1.165, 1.54) is 12.8 Å². The van der Waals surface area contributed by atoms with Crippen LogP contribution in [-0.4, -0.2) is 23.4 Å². The van der Waals surface area contributed by atoms with Crippen molar-refractivity contribution in [2.75, 3.05) is 6.54 Å². The fourth-order valence-corrected chi connectivity index (χ4v) is 3.20. The molecule has 1 aromatic carbocycles. The van der Waals surface area contributed by atoms with Crippen molar-refractivity contribution in [3.8, 4) is 0 Å². The van der Waals surface area contributed by atoms with Crippen molar-refractivity contribution in [1.82, 2.24) is 10.2 Å². The quantitative estimate of drug-likeness (QED) is 0.903. The first kappa shape index (κ1) is 13.9. The number of nitrogens with zero attached hydrogens (tertiary/aromatic N) is 1. The van der Waals surface area contributed by atoms with E-state index in [2.05, 4.69) is 17.1 Å². The van der Waals surface area contributed by atoms with E-state index in [1.54, 1.807) is 0 Å². The van der Waals surface area contributed by atoms with Gasteiger partial charge >= 0.3 is 0 Å². The molecule has 1 saturated heterocycles. The lowest BCUT2D eigenvalue weighted by Crippen LogP contribution is -2.39. The number of carbonyl (C=O) groups is 1. The first-order valence-corrected chi connectivity index (χ1v) is 7.87. The molecule has 2 fully saturated rings. The standard InChI is InChI=1S/C16H21ClN2O/c1-2-14(9-11-3-4-11)19-15(20)10-18-16(19)12-5-7-13(17)8-6-12/h5-8,11,14,16,18H,2-4,9-10H2,1H3. The Morgan fingerprint density at radius 1 is 1.35 bits per heavy atom. The molecule has 1 amide bonds. The molecule has 0 spiro atoms. The number of rotatable bonds is 5. The lowest BCUT2D eigenvalue weighted by atomic mass is 10.0. The Bertz CT molecular complexity index is 484. The predicted octanol–water partition coefficient (Wildman–Crippen LogP) is 3.35. The van der Waals surface area contributed by atoms with E-state index in [0.29, 0.717) is 12.6 Å².